The topological polar surface area (TPSA) is 119 Å². The van der Waals surface area contributed by atoms with Gasteiger partial charge < -0.3 is 21.3 Å². The lowest BCUT2D eigenvalue weighted by atomic mass is 9.63. The molecule has 0 heterocycles. The zero-order chi connectivity index (χ0) is 33.1. The summed E-state index contributed by atoms with van der Waals surface area (Å²) in [7, 11) is -4.45. The van der Waals surface area contributed by atoms with E-state index in [0.29, 0.717) is 13.1 Å². The molecule has 0 radical (unpaired) electrons. The Kier molecular flexibility index (Phi) is 13.1. The highest BCUT2D eigenvalue weighted by atomic mass is 31.2. The summed E-state index contributed by atoms with van der Waals surface area (Å²) in [5.74, 6) is 0. The van der Waals surface area contributed by atoms with E-state index in [4.69, 9.17) is 21.3 Å². The van der Waals surface area contributed by atoms with Crippen molar-refractivity contribution in [1.82, 2.24) is 0 Å². The van der Waals surface area contributed by atoms with E-state index in [1.54, 1.807) is 0 Å². The van der Waals surface area contributed by atoms with Crippen molar-refractivity contribution >= 4 is 19.5 Å². The Bertz CT molecular complexity index is 1520. The maximum absolute atomic E-state index is 10.8. The quantitative estimate of drug-likeness (QED) is 0.120. The molecule has 0 bridgehead atoms. The largest absolute Gasteiger partial charge is 0.469 e. The number of hydrogen-bond donors (Lipinski definition) is 4. The minimum atomic E-state index is -4.45. The molecule has 45 heavy (non-hydrogen) atoms. The maximum atomic E-state index is 10.8. The summed E-state index contributed by atoms with van der Waals surface area (Å²) in [5.41, 5.74) is 20.6. The minimum absolute atomic E-state index is 0.108. The molecule has 1 aliphatic carbocycles. The van der Waals surface area contributed by atoms with E-state index in [1.165, 1.54) is 46.2 Å². The Morgan fingerprint density at radius 1 is 0.733 bits per heavy atom. The van der Waals surface area contributed by atoms with Gasteiger partial charge in [-0.15, -0.1) is 0 Å². The molecule has 0 aliphatic heterocycles. The van der Waals surface area contributed by atoms with Crippen LogP contribution in [0.25, 0.3) is 11.6 Å². The van der Waals surface area contributed by atoms with Crippen LogP contribution in [0.1, 0.15) is 86.4 Å². The van der Waals surface area contributed by atoms with Crippen molar-refractivity contribution in [2.75, 3.05) is 0 Å². The number of allylic oxidation sites excluding steroid dienone is 1. The summed E-state index contributed by atoms with van der Waals surface area (Å²) < 4.78 is 15.4. The third-order valence-corrected chi connectivity index (χ3v) is 8.69. The lowest BCUT2D eigenvalue weighted by Gasteiger charge is -2.42. The van der Waals surface area contributed by atoms with Crippen molar-refractivity contribution < 1.29 is 18.9 Å². The van der Waals surface area contributed by atoms with E-state index < -0.39 is 7.82 Å². The summed E-state index contributed by atoms with van der Waals surface area (Å²) in [6.45, 7) is 12.6. The van der Waals surface area contributed by atoms with Gasteiger partial charge in [-0.05, 0) is 75.1 Å². The second-order valence-electron chi connectivity index (χ2n) is 12.7. The molecule has 5 rings (SSSR count). The van der Waals surface area contributed by atoms with E-state index in [2.05, 4.69) is 63.4 Å². The normalized spacial score (nSPS) is 15.1. The summed E-state index contributed by atoms with van der Waals surface area (Å²) in [6.07, 6.45) is 4.53. The zero-order valence-electron chi connectivity index (χ0n) is 27.2. The fourth-order valence-corrected chi connectivity index (χ4v) is 5.58. The van der Waals surface area contributed by atoms with Gasteiger partial charge >= 0.3 is 7.82 Å². The Balaban J connectivity index is 0.000000278. The second-order valence-corrected chi connectivity index (χ2v) is 14.0. The molecule has 0 fully saturated rings. The Labute approximate surface area is 269 Å². The fourth-order valence-electron chi connectivity index (χ4n) is 5.26. The van der Waals surface area contributed by atoms with Crippen LogP contribution in [-0.4, -0.2) is 9.79 Å². The predicted octanol–water partition coefficient (Wildman–Crippen LogP) is 8.50. The van der Waals surface area contributed by atoms with Crippen LogP contribution in [0.4, 0.5) is 0 Å². The molecule has 6 N–H and O–H groups in total. The first-order valence-corrected chi connectivity index (χ1v) is 16.9. The van der Waals surface area contributed by atoms with E-state index in [1.807, 2.05) is 84.9 Å². The Morgan fingerprint density at radius 2 is 1.22 bits per heavy atom. The van der Waals surface area contributed by atoms with Crippen molar-refractivity contribution in [3.63, 3.8) is 0 Å². The molecule has 0 spiro atoms. The van der Waals surface area contributed by atoms with Crippen LogP contribution >= 0.6 is 7.82 Å². The van der Waals surface area contributed by atoms with Crippen molar-refractivity contribution in [1.29, 1.82) is 0 Å². The number of nitrogens with two attached hydrogens (primary N) is 2. The summed E-state index contributed by atoms with van der Waals surface area (Å²) in [6, 6.07) is 34.4. The van der Waals surface area contributed by atoms with Gasteiger partial charge in [0.25, 0.3) is 0 Å². The molecular formula is C38H49N2O4P. The molecule has 7 heteroatoms. The molecule has 1 aliphatic rings. The monoisotopic (exact) mass is 628 g/mol. The molecule has 0 atom stereocenters. The lowest BCUT2D eigenvalue weighted by molar-refractivity contribution is 0.189. The van der Waals surface area contributed by atoms with Gasteiger partial charge in [0.15, 0.2) is 0 Å². The van der Waals surface area contributed by atoms with E-state index >= 15 is 0 Å². The highest BCUT2D eigenvalue weighted by Gasteiger charge is 2.36. The molecule has 4 aromatic rings. The predicted molar refractivity (Wildman–Crippen MR) is 187 cm³/mol. The number of phosphoric ester groups is 1. The van der Waals surface area contributed by atoms with Gasteiger partial charge in [-0.2, -0.15) is 0 Å². The van der Waals surface area contributed by atoms with Gasteiger partial charge in [0, 0.05) is 13.1 Å². The summed E-state index contributed by atoms with van der Waals surface area (Å²) >= 11 is 0. The van der Waals surface area contributed by atoms with Crippen LogP contribution in [-0.2, 0) is 39.6 Å². The highest BCUT2D eigenvalue weighted by molar-refractivity contribution is 7.46. The summed E-state index contributed by atoms with van der Waals surface area (Å²) in [5, 5.41) is 0. The molecule has 0 saturated heterocycles. The average Bonchev–Trinajstić information content (AvgIpc) is 3.04. The number of benzene rings is 4. The van der Waals surface area contributed by atoms with Crippen LogP contribution in [0.3, 0.4) is 0 Å². The van der Waals surface area contributed by atoms with Crippen molar-refractivity contribution in [3.05, 3.63) is 142 Å². The lowest BCUT2D eigenvalue weighted by Crippen LogP contribution is -2.33. The Morgan fingerprint density at radius 3 is 1.67 bits per heavy atom. The molecule has 0 aromatic heterocycles. The Hall–Kier alpha value is -3.35. The van der Waals surface area contributed by atoms with Crippen LogP contribution in [0.15, 0.2) is 103 Å². The molecule has 0 amide bonds. The summed E-state index contributed by atoms with van der Waals surface area (Å²) in [4.78, 5) is 17.6. The van der Waals surface area contributed by atoms with Gasteiger partial charge in [0.2, 0.25) is 0 Å². The average molecular weight is 629 g/mol. The molecule has 6 nitrogen and oxygen atoms in total. The van der Waals surface area contributed by atoms with Crippen LogP contribution in [0.2, 0.25) is 0 Å². The molecule has 240 valence electrons. The van der Waals surface area contributed by atoms with Crippen LogP contribution in [0.5, 0.6) is 0 Å². The number of phosphoric acid groups is 1. The van der Waals surface area contributed by atoms with Crippen molar-refractivity contribution in [2.24, 2.45) is 11.5 Å². The molecular weight excluding hydrogens is 579 g/mol. The molecule has 0 saturated carbocycles. The third kappa shape index (κ3) is 11.5. The van der Waals surface area contributed by atoms with Gasteiger partial charge in [-0.25, -0.2) is 4.57 Å². The van der Waals surface area contributed by atoms with Gasteiger partial charge in [0.1, 0.15) is 0 Å². The molecule has 0 unspecified atom stereocenters. The smallest absolute Gasteiger partial charge is 0.326 e. The maximum Gasteiger partial charge on any atom is 0.469 e. The fraction of sp³-hybridized carbons (Fsp3) is 0.316. The van der Waals surface area contributed by atoms with Gasteiger partial charge in [0.05, 0.1) is 6.61 Å². The van der Waals surface area contributed by atoms with Crippen molar-refractivity contribution in [2.45, 2.75) is 78.0 Å². The first-order valence-electron chi connectivity index (χ1n) is 15.3. The van der Waals surface area contributed by atoms with Crippen molar-refractivity contribution in [3.8, 4) is 0 Å². The third-order valence-electron chi connectivity index (χ3n) is 8.23. The highest BCUT2D eigenvalue weighted by Crippen LogP contribution is 2.46. The van der Waals surface area contributed by atoms with Crippen LogP contribution < -0.4 is 11.5 Å². The van der Waals surface area contributed by atoms with E-state index in [-0.39, 0.29) is 17.4 Å². The standard InChI is InChI=1S/C24H31O4P.2C7H9N/c1-17(14-18-6-8-19(9-7-18)16-28-29(25,26)27)20-10-11-21-22(15-20)24(4,5)13-12-23(21,2)3;2*8-6-7-4-2-1-3-5-7/h6-11,14-15H,12-13,16H2,1-5H3,(H2,25,26,27);2*1-5H,6,8H2. The van der Waals surface area contributed by atoms with Gasteiger partial charge in [-0.3, -0.25) is 4.52 Å². The number of hydrogen-bond acceptors (Lipinski definition) is 4. The minimum Gasteiger partial charge on any atom is -0.326 e. The molecule has 4 aromatic carbocycles. The number of fused-ring (bicyclic) bond motifs is 1. The van der Waals surface area contributed by atoms with Crippen LogP contribution in [0, 0.1) is 0 Å². The van der Waals surface area contributed by atoms with E-state index in [0.717, 1.165) is 11.1 Å². The zero-order valence-corrected chi connectivity index (χ0v) is 28.1. The number of rotatable bonds is 7. The first-order chi connectivity index (χ1) is 21.2. The van der Waals surface area contributed by atoms with Gasteiger partial charge in [-0.1, -0.05) is 137 Å². The second kappa shape index (κ2) is 16.3. The SMILES string of the molecule is CC(=Cc1ccc(COP(=O)(O)O)cc1)c1ccc2c(c1)C(C)(C)CCC2(C)C.NCc1ccccc1.NCc1ccccc1. The first kappa shape index (κ1) is 36.1. The van der Waals surface area contributed by atoms with E-state index in [9.17, 15) is 4.57 Å².